The fourth-order valence-electron chi connectivity index (χ4n) is 2.34. The summed E-state index contributed by atoms with van der Waals surface area (Å²) in [6.45, 7) is 6.61. The van der Waals surface area contributed by atoms with E-state index in [9.17, 15) is 4.79 Å². The first-order valence-corrected chi connectivity index (χ1v) is 7.78. The number of unbranched alkanes of at least 4 members (excludes halogenated alkanes) is 6. The summed E-state index contributed by atoms with van der Waals surface area (Å²) in [5.41, 5.74) is 0. The number of rotatable bonds is 12. The van der Waals surface area contributed by atoms with Crippen molar-refractivity contribution >= 4 is 5.78 Å². The molecule has 0 saturated heterocycles. The first-order chi connectivity index (χ1) is 8.26. The Balaban J connectivity index is 3.64. The lowest BCUT2D eigenvalue weighted by atomic mass is 9.91. The first kappa shape index (κ1) is 16.7. The van der Waals surface area contributed by atoms with E-state index in [4.69, 9.17) is 0 Å². The zero-order valence-corrected chi connectivity index (χ0v) is 12.3. The van der Waals surface area contributed by atoms with Crippen molar-refractivity contribution in [3.05, 3.63) is 0 Å². The summed E-state index contributed by atoms with van der Waals surface area (Å²) in [5, 5.41) is 0. The van der Waals surface area contributed by atoms with Gasteiger partial charge in [-0.1, -0.05) is 65.7 Å². The van der Waals surface area contributed by atoms with Gasteiger partial charge in [-0.2, -0.15) is 0 Å². The minimum absolute atomic E-state index is 0.355. The third-order valence-electron chi connectivity index (χ3n) is 3.63. The van der Waals surface area contributed by atoms with Crippen LogP contribution in [0.25, 0.3) is 0 Å². The maximum Gasteiger partial charge on any atom is 0.135 e. The van der Waals surface area contributed by atoms with E-state index in [0.717, 1.165) is 25.7 Å². The third-order valence-corrected chi connectivity index (χ3v) is 3.63. The molecule has 102 valence electrons. The van der Waals surface area contributed by atoms with E-state index in [-0.39, 0.29) is 0 Å². The van der Waals surface area contributed by atoms with E-state index < -0.39 is 0 Å². The Morgan fingerprint density at radius 3 is 1.94 bits per heavy atom. The van der Waals surface area contributed by atoms with Gasteiger partial charge in [-0.25, -0.2) is 0 Å². The molecule has 0 aromatic rings. The van der Waals surface area contributed by atoms with Crippen LogP contribution in [0.1, 0.15) is 91.4 Å². The van der Waals surface area contributed by atoms with E-state index in [0.29, 0.717) is 11.7 Å². The van der Waals surface area contributed by atoms with Crippen LogP contribution in [0.3, 0.4) is 0 Å². The standard InChI is InChI=1S/C16H32O/c1-4-7-9-11-13-15(6-3)16(17)14-12-10-8-5-2/h15H,4-14H2,1-3H3. The fraction of sp³-hybridized carbons (Fsp3) is 0.938. The number of hydrogen-bond acceptors (Lipinski definition) is 1. The SMILES string of the molecule is CCCCCCC(=O)C(CC)CCCCCC. The predicted molar refractivity (Wildman–Crippen MR) is 76.3 cm³/mol. The highest BCUT2D eigenvalue weighted by Crippen LogP contribution is 2.18. The molecule has 0 saturated carbocycles. The van der Waals surface area contributed by atoms with Gasteiger partial charge in [0.25, 0.3) is 0 Å². The zero-order chi connectivity index (χ0) is 12.9. The van der Waals surface area contributed by atoms with Crippen LogP contribution in [0.15, 0.2) is 0 Å². The van der Waals surface area contributed by atoms with Gasteiger partial charge >= 0.3 is 0 Å². The molecule has 0 spiro atoms. The molecule has 1 unspecified atom stereocenters. The lowest BCUT2D eigenvalue weighted by molar-refractivity contribution is -0.123. The lowest BCUT2D eigenvalue weighted by Crippen LogP contribution is -2.13. The van der Waals surface area contributed by atoms with Gasteiger partial charge in [-0.05, 0) is 19.3 Å². The maximum atomic E-state index is 12.0. The van der Waals surface area contributed by atoms with Crippen LogP contribution < -0.4 is 0 Å². The molecule has 0 N–H and O–H groups in total. The molecule has 0 amide bonds. The van der Waals surface area contributed by atoms with Crippen LogP contribution in [-0.4, -0.2) is 5.78 Å². The van der Waals surface area contributed by atoms with Crippen molar-refractivity contribution in [3.8, 4) is 0 Å². The maximum absolute atomic E-state index is 12.0. The number of carbonyl (C=O) groups excluding carboxylic acids is 1. The van der Waals surface area contributed by atoms with Gasteiger partial charge in [-0.3, -0.25) is 4.79 Å². The Morgan fingerprint density at radius 1 is 0.824 bits per heavy atom. The van der Waals surface area contributed by atoms with Crippen molar-refractivity contribution < 1.29 is 4.79 Å². The zero-order valence-electron chi connectivity index (χ0n) is 12.3. The van der Waals surface area contributed by atoms with Crippen LogP contribution in [0, 0.1) is 5.92 Å². The van der Waals surface area contributed by atoms with Crippen molar-refractivity contribution in [2.75, 3.05) is 0 Å². The summed E-state index contributed by atoms with van der Waals surface area (Å²) in [4.78, 5) is 12.0. The summed E-state index contributed by atoms with van der Waals surface area (Å²) in [6, 6.07) is 0. The van der Waals surface area contributed by atoms with E-state index in [1.165, 1.54) is 44.9 Å². The second-order valence-corrected chi connectivity index (χ2v) is 5.23. The lowest BCUT2D eigenvalue weighted by Gasteiger charge is -2.13. The van der Waals surface area contributed by atoms with Crippen molar-refractivity contribution in [3.63, 3.8) is 0 Å². The van der Waals surface area contributed by atoms with Crippen LogP contribution in [0.4, 0.5) is 0 Å². The molecule has 0 aromatic heterocycles. The van der Waals surface area contributed by atoms with Crippen LogP contribution in [-0.2, 0) is 4.79 Å². The van der Waals surface area contributed by atoms with E-state index in [2.05, 4.69) is 20.8 Å². The molecule has 17 heavy (non-hydrogen) atoms. The molecule has 0 aliphatic carbocycles. The Hall–Kier alpha value is -0.330. The molecule has 0 rings (SSSR count). The monoisotopic (exact) mass is 240 g/mol. The molecule has 0 heterocycles. The predicted octanol–water partition coefficient (Wildman–Crippen LogP) is 5.52. The molecule has 0 radical (unpaired) electrons. The van der Waals surface area contributed by atoms with Gasteiger partial charge in [0.05, 0.1) is 0 Å². The van der Waals surface area contributed by atoms with Gasteiger partial charge in [0.1, 0.15) is 5.78 Å². The highest BCUT2D eigenvalue weighted by molar-refractivity contribution is 5.80. The number of Topliss-reactive ketones (excluding diaryl/α,β-unsaturated/α-hetero) is 1. The van der Waals surface area contributed by atoms with Gasteiger partial charge < -0.3 is 0 Å². The third kappa shape index (κ3) is 9.38. The van der Waals surface area contributed by atoms with Crippen molar-refractivity contribution in [2.24, 2.45) is 5.92 Å². The Morgan fingerprint density at radius 2 is 1.41 bits per heavy atom. The van der Waals surface area contributed by atoms with Gasteiger partial charge in [-0.15, -0.1) is 0 Å². The number of hydrogen-bond donors (Lipinski definition) is 0. The molecule has 0 bridgehead atoms. The van der Waals surface area contributed by atoms with Crippen LogP contribution in [0.5, 0.6) is 0 Å². The second kappa shape index (κ2) is 12.1. The normalized spacial score (nSPS) is 12.6. The minimum Gasteiger partial charge on any atom is -0.299 e. The number of carbonyl (C=O) groups is 1. The molecule has 0 fully saturated rings. The average molecular weight is 240 g/mol. The van der Waals surface area contributed by atoms with Crippen LogP contribution in [0.2, 0.25) is 0 Å². The molecule has 0 aromatic carbocycles. The average Bonchev–Trinajstić information content (AvgIpc) is 2.34. The molecule has 0 aliphatic rings. The molecule has 1 atom stereocenters. The smallest absolute Gasteiger partial charge is 0.135 e. The Bertz CT molecular complexity index is 174. The van der Waals surface area contributed by atoms with E-state index in [1.807, 2.05) is 0 Å². The Kier molecular flexibility index (Phi) is 11.9. The molecule has 1 nitrogen and oxygen atoms in total. The summed E-state index contributed by atoms with van der Waals surface area (Å²) in [5.74, 6) is 0.883. The fourth-order valence-corrected chi connectivity index (χ4v) is 2.34. The second-order valence-electron chi connectivity index (χ2n) is 5.23. The quantitative estimate of drug-likeness (QED) is 0.410. The van der Waals surface area contributed by atoms with Gasteiger partial charge in [0, 0.05) is 12.3 Å². The Labute approximate surface area is 108 Å². The van der Waals surface area contributed by atoms with Crippen molar-refractivity contribution in [2.45, 2.75) is 91.4 Å². The van der Waals surface area contributed by atoms with E-state index >= 15 is 0 Å². The van der Waals surface area contributed by atoms with Gasteiger partial charge in [0.15, 0.2) is 0 Å². The van der Waals surface area contributed by atoms with Crippen molar-refractivity contribution in [1.82, 2.24) is 0 Å². The summed E-state index contributed by atoms with van der Waals surface area (Å²) < 4.78 is 0. The molecular weight excluding hydrogens is 208 g/mol. The van der Waals surface area contributed by atoms with Crippen LogP contribution >= 0.6 is 0 Å². The molecule has 0 aliphatic heterocycles. The molecular formula is C16H32O. The van der Waals surface area contributed by atoms with E-state index in [1.54, 1.807) is 0 Å². The van der Waals surface area contributed by atoms with Crippen molar-refractivity contribution in [1.29, 1.82) is 0 Å². The highest BCUT2D eigenvalue weighted by atomic mass is 16.1. The highest BCUT2D eigenvalue weighted by Gasteiger charge is 2.14. The molecule has 1 heteroatoms. The topological polar surface area (TPSA) is 17.1 Å². The summed E-state index contributed by atoms with van der Waals surface area (Å²) >= 11 is 0. The first-order valence-electron chi connectivity index (χ1n) is 7.78. The van der Waals surface area contributed by atoms with Gasteiger partial charge in [0.2, 0.25) is 0 Å². The summed E-state index contributed by atoms with van der Waals surface area (Å²) in [6.07, 6.45) is 13.0. The summed E-state index contributed by atoms with van der Waals surface area (Å²) in [7, 11) is 0. The largest absolute Gasteiger partial charge is 0.299 e. The minimum atomic E-state index is 0.355. The number of ketones is 1.